The highest BCUT2D eigenvalue weighted by Crippen LogP contribution is 2.29. The van der Waals surface area contributed by atoms with Gasteiger partial charge in [-0.1, -0.05) is 58.8 Å². The van der Waals surface area contributed by atoms with Crippen molar-refractivity contribution in [3.8, 4) is 0 Å². The van der Waals surface area contributed by atoms with Crippen molar-refractivity contribution in [2.45, 2.75) is 90.3 Å². The van der Waals surface area contributed by atoms with Gasteiger partial charge in [0.25, 0.3) is 0 Å². The molecule has 0 heterocycles. The summed E-state index contributed by atoms with van der Waals surface area (Å²) in [6.45, 7) is 4.16. The molecule has 0 saturated heterocycles. The highest BCUT2D eigenvalue weighted by Gasteiger charge is 2.30. The molecule has 0 aliphatic rings. The minimum atomic E-state index is -4.40. The van der Waals surface area contributed by atoms with E-state index in [1.165, 1.54) is 50.7 Å². The molecule has 0 spiro atoms. The Morgan fingerprint density at radius 1 is 0.923 bits per heavy atom. The van der Waals surface area contributed by atoms with Gasteiger partial charge in [0, 0.05) is 0 Å². The smallest absolute Gasteiger partial charge is 0.416 e. The molecule has 1 aromatic rings. The molecule has 2 nitrogen and oxygen atoms in total. The number of alkyl halides is 3. The summed E-state index contributed by atoms with van der Waals surface area (Å²) in [5.74, 6) is -0.551. The van der Waals surface area contributed by atoms with Gasteiger partial charge in [-0.15, -0.1) is 0 Å². The number of ether oxygens (including phenoxy) is 1. The number of carbonyl (C=O) groups excluding carboxylic acids is 1. The van der Waals surface area contributed by atoms with Gasteiger partial charge in [0.2, 0.25) is 0 Å². The maximum Gasteiger partial charge on any atom is 0.416 e. The van der Waals surface area contributed by atoms with Crippen LogP contribution in [0.25, 0.3) is 0 Å². The molecule has 0 N–H and O–H groups in total. The molecule has 148 valence electrons. The van der Waals surface area contributed by atoms with Gasteiger partial charge in [0.15, 0.2) is 0 Å². The van der Waals surface area contributed by atoms with Crippen molar-refractivity contribution in [1.29, 1.82) is 0 Å². The topological polar surface area (TPSA) is 26.3 Å². The van der Waals surface area contributed by atoms with Crippen LogP contribution in [0.4, 0.5) is 13.2 Å². The van der Waals surface area contributed by atoms with Gasteiger partial charge < -0.3 is 4.74 Å². The van der Waals surface area contributed by atoms with E-state index >= 15 is 0 Å². The minimum Gasteiger partial charge on any atom is -0.459 e. The molecular weight excluding hydrogens is 341 g/mol. The number of esters is 1. The fourth-order valence-corrected chi connectivity index (χ4v) is 2.87. The Hall–Kier alpha value is -1.52. The molecule has 1 aromatic carbocycles. The first-order valence-corrected chi connectivity index (χ1v) is 9.76. The van der Waals surface area contributed by atoms with Gasteiger partial charge in [-0.3, -0.25) is 0 Å². The molecule has 5 heteroatoms. The SMILES string of the molecule is CCCCCCCCCCC(CC)OC(=O)c1ccc(C(F)(F)F)cc1. The summed E-state index contributed by atoms with van der Waals surface area (Å²) in [6.07, 6.45) is 6.67. The summed E-state index contributed by atoms with van der Waals surface area (Å²) in [4.78, 5) is 12.1. The monoisotopic (exact) mass is 372 g/mol. The van der Waals surface area contributed by atoms with Gasteiger partial charge in [0.05, 0.1) is 11.1 Å². The van der Waals surface area contributed by atoms with Gasteiger partial charge in [-0.05, 0) is 43.5 Å². The van der Waals surface area contributed by atoms with Crippen molar-refractivity contribution in [2.75, 3.05) is 0 Å². The summed E-state index contributed by atoms with van der Waals surface area (Å²) in [6, 6.07) is 4.18. The Bertz CT molecular complexity index is 509. The lowest BCUT2D eigenvalue weighted by Crippen LogP contribution is -2.18. The molecule has 0 fully saturated rings. The first-order chi connectivity index (χ1) is 12.4. The van der Waals surface area contributed by atoms with Gasteiger partial charge >= 0.3 is 12.1 Å². The van der Waals surface area contributed by atoms with E-state index < -0.39 is 17.7 Å². The molecule has 0 aromatic heterocycles. The second kappa shape index (κ2) is 12.0. The molecule has 1 rings (SSSR count). The first-order valence-electron chi connectivity index (χ1n) is 9.76. The molecule has 0 saturated carbocycles. The molecule has 0 radical (unpaired) electrons. The quantitative estimate of drug-likeness (QED) is 0.287. The fourth-order valence-electron chi connectivity index (χ4n) is 2.87. The van der Waals surface area contributed by atoms with Gasteiger partial charge in [0.1, 0.15) is 6.10 Å². The number of unbranched alkanes of at least 4 members (excludes halogenated alkanes) is 7. The summed E-state index contributed by atoms with van der Waals surface area (Å²) < 4.78 is 43.1. The van der Waals surface area contributed by atoms with Crippen molar-refractivity contribution in [3.05, 3.63) is 35.4 Å². The zero-order valence-corrected chi connectivity index (χ0v) is 15.9. The lowest BCUT2D eigenvalue weighted by atomic mass is 10.0. The van der Waals surface area contributed by atoms with E-state index in [2.05, 4.69) is 6.92 Å². The van der Waals surface area contributed by atoms with E-state index in [1.807, 2.05) is 6.92 Å². The lowest BCUT2D eigenvalue weighted by Gasteiger charge is -2.16. The zero-order chi connectivity index (χ0) is 19.4. The summed E-state index contributed by atoms with van der Waals surface area (Å²) in [5.41, 5.74) is -0.604. The van der Waals surface area contributed by atoms with E-state index in [-0.39, 0.29) is 11.7 Å². The second-order valence-corrected chi connectivity index (χ2v) is 6.77. The van der Waals surface area contributed by atoms with Crippen LogP contribution in [0.1, 0.15) is 94.0 Å². The van der Waals surface area contributed by atoms with E-state index in [0.717, 1.165) is 31.4 Å². The number of benzene rings is 1. The van der Waals surface area contributed by atoms with Crippen LogP contribution in [-0.4, -0.2) is 12.1 Å². The Morgan fingerprint density at radius 2 is 1.46 bits per heavy atom. The summed E-state index contributed by atoms with van der Waals surface area (Å²) in [7, 11) is 0. The maximum absolute atomic E-state index is 12.6. The highest BCUT2D eigenvalue weighted by atomic mass is 19.4. The number of carbonyl (C=O) groups is 1. The van der Waals surface area contributed by atoms with Gasteiger partial charge in [-0.2, -0.15) is 13.2 Å². The minimum absolute atomic E-state index is 0.160. The Kier molecular flexibility index (Phi) is 10.4. The van der Waals surface area contributed by atoms with E-state index in [9.17, 15) is 18.0 Å². The van der Waals surface area contributed by atoms with Gasteiger partial charge in [-0.25, -0.2) is 4.79 Å². The van der Waals surface area contributed by atoms with Crippen molar-refractivity contribution in [2.24, 2.45) is 0 Å². The van der Waals surface area contributed by atoms with Crippen LogP contribution < -0.4 is 0 Å². The molecule has 0 aliphatic heterocycles. The van der Waals surface area contributed by atoms with E-state index in [1.54, 1.807) is 0 Å². The number of hydrogen-bond donors (Lipinski definition) is 0. The van der Waals surface area contributed by atoms with Crippen molar-refractivity contribution in [1.82, 2.24) is 0 Å². The van der Waals surface area contributed by atoms with Crippen LogP contribution in [-0.2, 0) is 10.9 Å². The third-order valence-electron chi connectivity index (χ3n) is 4.56. The lowest BCUT2D eigenvalue weighted by molar-refractivity contribution is -0.137. The second-order valence-electron chi connectivity index (χ2n) is 6.77. The Morgan fingerprint density at radius 3 is 1.96 bits per heavy atom. The molecule has 1 unspecified atom stereocenters. The molecule has 26 heavy (non-hydrogen) atoms. The predicted octanol–water partition coefficient (Wildman–Crippen LogP) is 7.17. The van der Waals surface area contributed by atoms with Crippen LogP contribution in [0.3, 0.4) is 0 Å². The fraction of sp³-hybridized carbons (Fsp3) is 0.667. The third kappa shape index (κ3) is 8.72. The van der Waals surface area contributed by atoms with Crippen molar-refractivity contribution >= 4 is 5.97 Å². The third-order valence-corrected chi connectivity index (χ3v) is 4.56. The average Bonchev–Trinajstić information content (AvgIpc) is 2.62. The van der Waals surface area contributed by atoms with Crippen molar-refractivity contribution < 1.29 is 22.7 Å². The van der Waals surface area contributed by atoms with Crippen LogP contribution in [0, 0.1) is 0 Å². The zero-order valence-electron chi connectivity index (χ0n) is 15.9. The van der Waals surface area contributed by atoms with E-state index in [4.69, 9.17) is 4.74 Å². The summed E-state index contributed by atoms with van der Waals surface area (Å²) in [5, 5.41) is 0. The van der Waals surface area contributed by atoms with Crippen molar-refractivity contribution in [3.63, 3.8) is 0 Å². The Labute approximate surface area is 155 Å². The molecule has 0 amide bonds. The first kappa shape index (κ1) is 22.5. The molecular formula is C21H31F3O2. The normalized spacial score (nSPS) is 12.8. The largest absolute Gasteiger partial charge is 0.459 e. The standard InChI is InChI=1S/C21H31F3O2/c1-3-5-6-7-8-9-10-11-12-19(4-2)26-20(25)17-13-15-18(16-14-17)21(22,23)24/h13-16,19H,3-12H2,1-2H3. The average molecular weight is 372 g/mol. The highest BCUT2D eigenvalue weighted by molar-refractivity contribution is 5.89. The predicted molar refractivity (Wildman–Crippen MR) is 98.2 cm³/mol. The van der Waals surface area contributed by atoms with Crippen LogP contribution in [0.15, 0.2) is 24.3 Å². The van der Waals surface area contributed by atoms with Crippen LogP contribution >= 0.6 is 0 Å². The number of hydrogen-bond acceptors (Lipinski definition) is 2. The number of halogens is 3. The van der Waals surface area contributed by atoms with E-state index in [0.29, 0.717) is 6.42 Å². The molecule has 0 aliphatic carbocycles. The Balaban J connectivity index is 2.32. The number of rotatable bonds is 12. The van der Waals surface area contributed by atoms with Crippen LogP contribution in [0.2, 0.25) is 0 Å². The molecule has 0 bridgehead atoms. The molecule has 1 atom stereocenters. The summed E-state index contributed by atoms with van der Waals surface area (Å²) >= 11 is 0. The maximum atomic E-state index is 12.6. The van der Waals surface area contributed by atoms with Crippen LogP contribution in [0.5, 0.6) is 0 Å².